The minimum Gasteiger partial charge on any atom is -0.444 e. The Labute approximate surface area is 142 Å². The molecule has 1 amide bonds. The van der Waals surface area contributed by atoms with Gasteiger partial charge in [-0.15, -0.1) is 0 Å². The summed E-state index contributed by atoms with van der Waals surface area (Å²) in [6.07, 6.45) is 2.37. The topological polar surface area (TPSA) is 58.6 Å². The lowest BCUT2D eigenvalue weighted by atomic mass is 10.2. The zero-order chi connectivity index (χ0) is 17.3. The van der Waals surface area contributed by atoms with Crippen LogP contribution in [0.3, 0.4) is 0 Å². The van der Waals surface area contributed by atoms with Gasteiger partial charge in [-0.05, 0) is 45.4 Å². The molecule has 0 bridgehead atoms. The SMILES string of the molecule is CN(C(=O)OC(C)(C)C)C1CCN(c2cccc3nnccc23)C1. The van der Waals surface area contributed by atoms with Gasteiger partial charge >= 0.3 is 6.09 Å². The highest BCUT2D eigenvalue weighted by molar-refractivity contribution is 5.91. The molecule has 0 saturated carbocycles. The minimum absolute atomic E-state index is 0.143. The van der Waals surface area contributed by atoms with Gasteiger partial charge in [-0.1, -0.05) is 6.07 Å². The number of hydrogen-bond acceptors (Lipinski definition) is 5. The fourth-order valence-electron chi connectivity index (χ4n) is 3.04. The van der Waals surface area contributed by atoms with Crippen molar-refractivity contribution in [1.82, 2.24) is 15.1 Å². The molecule has 1 aliphatic rings. The monoisotopic (exact) mass is 328 g/mol. The lowest BCUT2D eigenvalue weighted by molar-refractivity contribution is 0.0238. The van der Waals surface area contributed by atoms with Crippen LogP contribution in [0.4, 0.5) is 10.5 Å². The number of hydrogen-bond donors (Lipinski definition) is 0. The van der Waals surface area contributed by atoms with E-state index in [0.717, 1.165) is 36.1 Å². The fourth-order valence-corrected chi connectivity index (χ4v) is 3.04. The van der Waals surface area contributed by atoms with Gasteiger partial charge in [0.15, 0.2) is 0 Å². The summed E-state index contributed by atoms with van der Waals surface area (Å²) < 4.78 is 5.47. The van der Waals surface area contributed by atoms with Crippen LogP contribution in [0.25, 0.3) is 10.9 Å². The molecule has 0 N–H and O–H groups in total. The molecule has 1 unspecified atom stereocenters. The number of amides is 1. The summed E-state index contributed by atoms with van der Waals surface area (Å²) in [5, 5.41) is 9.21. The lowest BCUT2D eigenvalue weighted by Gasteiger charge is -2.29. The quantitative estimate of drug-likeness (QED) is 0.848. The highest BCUT2D eigenvalue weighted by Crippen LogP contribution is 2.29. The zero-order valence-electron chi connectivity index (χ0n) is 14.7. The molecule has 2 heterocycles. The second kappa shape index (κ2) is 6.26. The minimum atomic E-state index is -0.474. The average molecular weight is 328 g/mol. The molecule has 0 radical (unpaired) electrons. The molecule has 1 saturated heterocycles. The normalized spacial score (nSPS) is 18.0. The van der Waals surface area contributed by atoms with E-state index in [-0.39, 0.29) is 12.1 Å². The van der Waals surface area contributed by atoms with Crippen LogP contribution in [-0.4, -0.2) is 53.0 Å². The van der Waals surface area contributed by atoms with Crippen LogP contribution in [0.2, 0.25) is 0 Å². The van der Waals surface area contributed by atoms with Crippen molar-refractivity contribution in [2.75, 3.05) is 25.0 Å². The highest BCUT2D eigenvalue weighted by Gasteiger charge is 2.31. The molecule has 1 aliphatic heterocycles. The second-order valence-electron chi connectivity index (χ2n) is 7.22. The van der Waals surface area contributed by atoms with Crippen molar-refractivity contribution in [3.63, 3.8) is 0 Å². The molecule has 0 aliphatic carbocycles. The van der Waals surface area contributed by atoms with E-state index in [1.807, 2.05) is 46.0 Å². The van der Waals surface area contributed by atoms with Gasteiger partial charge < -0.3 is 14.5 Å². The average Bonchev–Trinajstić information content (AvgIpc) is 3.01. The highest BCUT2D eigenvalue weighted by atomic mass is 16.6. The van der Waals surface area contributed by atoms with Crippen molar-refractivity contribution in [2.24, 2.45) is 0 Å². The number of aromatic nitrogens is 2. The molecule has 0 spiro atoms. The number of benzene rings is 1. The smallest absolute Gasteiger partial charge is 0.410 e. The third-order valence-electron chi connectivity index (χ3n) is 4.27. The predicted molar refractivity (Wildman–Crippen MR) is 94.2 cm³/mol. The van der Waals surface area contributed by atoms with Crippen molar-refractivity contribution in [1.29, 1.82) is 0 Å². The fraction of sp³-hybridized carbons (Fsp3) is 0.500. The maximum absolute atomic E-state index is 12.3. The molecule has 1 fully saturated rings. The van der Waals surface area contributed by atoms with Gasteiger partial charge in [0.2, 0.25) is 0 Å². The first-order valence-electron chi connectivity index (χ1n) is 8.26. The lowest BCUT2D eigenvalue weighted by Crippen LogP contribution is -2.42. The molecular weight excluding hydrogens is 304 g/mol. The summed E-state index contributed by atoms with van der Waals surface area (Å²) in [6, 6.07) is 8.19. The van der Waals surface area contributed by atoms with E-state index in [9.17, 15) is 4.79 Å². The molecule has 1 aromatic carbocycles. The van der Waals surface area contributed by atoms with Crippen LogP contribution in [0.1, 0.15) is 27.2 Å². The van der Waals surface area contributed by atoms with Crippen molar-refractivity contribution < 1.29 is 9.53 Å². The summed E-state index contributed by atoms with van der Waals surface area (Å²) >= 11 is 0. The maximum atomic E-state index is 12.3. The largest absolute Gasteiger partial charge is 0.444 e. The van der Waals surface area contributed by atoms with Crippen molar-refractivity contribution in [3.8, 4) is 0 Å². The summed E-state index contributed by atoms with van der Waals surface area (Å²) in [6.45, 7) is 7.35. The first-order valence-corrected chi connectivity index (χ1v) is 8.26. The first kappa shape index (κ1) is 16.5. The van der Waals surface area contributed by atoms with Crippen LogP contribution < -0.4 is 4.90 Å². The van der Waals surface area contributed by atoms with Crippen LogP contribution in [-0.2, 0) is 4.74 Å². The van der Waals surface area contributed by atoms with Gasteiger partial charge in [0.05, 0.1) is 17.8 Å². The number of anilines is 1. The van der Waals surface area contributed by atoms with Gasteiger partial charge in [-0.25, -0.2) is 4.79 Å². The molecule has 3 rings (SSSR count). The Hall–Kier alpha value is -2.37. The number of rotatable bonds is 2. The van der Waals surface area contributed by atoms with E-state index in [0.29, 0.717) is 0 Å². The van der Waals surface area contributed by atoms with Crippen molar-refractivity contribution in [3.05, 3.63) is 30.5 Å². The zero-order valence-corrected chi connectivity index (χ0v) is 14.7. The van der Waals surface area contributed by atoms with E-state index >= 15 is 0 Å². The molecular formula is C18H24N4O2. The van der Waals surface area contributed by atoms with Gasteiger partial charge in [0.25, 0.3) is 0 Å². The molecule has 1 aromatic heterocycles. The second-order valence-corrected chi connectivity index (χ2v) is 7.22. The van der Waals surface area contributed by atoms with Crippen LogP contribution in [0.15, 0.2) is 30.5 Å². The van der Waals surface area contributed by atoms with Crippen LogP contribution >= 0.6 is 0 Å². The van der Waals surface area contributed by atoms with Gasteiger partial charge in [-0.2, -0.15) is 10.2 Å². The Kier molecular flexibility index (Phi) is 4.30. The van der Waals surface area contributed by atoms with E-state index in [2.05, 4.69) is 21.2 Å². The third-order valence-corrected chi connectivity index (χ3v) is 4.27. The molecule has 24 heavy (non-hydrogen) atoms. The maximum Gasteiger partial charge on any atom is 0.410 e. The summed E-state index contributed by atoms with van der Waals surface area (Å²) in [7, 11) is 1.82. The Morgan fingerprint density at radius 2 is 2.12 bits per heavy atom. The van der Waals surface area contributed by atoms with E-state index < -0.39 is 5.60 Å². The Morgan fingerprint density at radius 1 is 1.33 bits per heavy atom. The number of carbonyl (C=O) groups excluding carboxylic acids is 1. The Balaban J connectivity index is 1.74. The Morgan fingerprint density at radius 3 is 2.88 bits per heavy atom. The standard InChI is InChI=1S/C18H24N4O2/c1-18(2,3)24-17(23)21(4)13-9-11-22(12-13)16-7-5-6-15-14(16)8-10-19-20-15/h5-8,10,13H,9,11-12H2,1-4H3. The number of carbonyl (C=O) groups is 1. The predicted octanol–water partition coefficient (Wildman–Crippen LogP) is 3.08. The number of ether oxygens (including phenoxy) is 1. The van der Waals surface area contributed by atoms with Gasteiger partial charge in [-0.3, -0.25) is 0 Å². The number of nitrogens with zero attached hydrogens (tertiary/aromatic N) is 4. The van der Waals surface area contributed by atoms with E-state index in [1.165, 1.54) is 0 Å². The summed E-state index contributed by atoms with van der Waals surface area (Å²) in [4.78, 5) is 16.3. The summed E-state index contributed by atoms with van der Waals surface area (Å²) in [5.41, 5.74) is 1.55. The van der Waals surface area contributed by atoms with E-state index in [4.69, 9.17) is 4.74 Å². The summed E-state index contributed by atoms with van der Waals surface area (Å²) in [5.74, 6) is 0. The van der Waals surface area contributed by atoms with Gasteiger partial charge in [0.1, 0.15) is 5.60 Å². The van der Waals surface area contributed by atoms with Crippen LogP contribution in [0, 0.1) is 0 Å². The van der Waals surface area contributed by atoms with Gasteiger partial charge in [0, 0.05) is 31.2 Å². The Bertz CT molecular complexity index is 736. The van der Waals surface area contributed by atoms with Crippen molar-refractivity contribution in [2.45, 2.75) is 38.8 Å². The third kappa shape index (κ3) is 3.42. The first-order chi connectivity index (χ1) is 11.3. The van der Waals surface area contributed by atoms with E-state index in [1.54, 1.807) is 11.1 Å². The number of fused-ring (bicyclic) bond motifs is 1. The molecule has 2 aromatic rings. The molecule has 6 nitrogen and oxygen atoms in total. The molecule has 6 heteroatoms. The number of likely N-dealkylation sites (N-methyl/N-ethyl adjacent to an activating group) is 1. The molecule has 128 valence electrons. The van der Waals surface area contributed by atoms with Crippen LogP contribution in [0.5, 0.6) is 0 Å². The molecule has 1 atom stereocenters. The van der Waals surface area contributed by atoms with Crippen molar-refractivity contribution >= 4 is 22.7 Å².